The molecule has 1 aromatic heterocycles. The van der Waals surface area contributed by atoms with Crippen LogP contribution in [0.15, 0.2) is 72.8 Å². The second kappa shape index (κ2) is 8.06. The normalized spacial score (nSPS) is 10.9. The predicted molar refractivity (Wildman–Crippen MR) is 121 cm³/mol. The lowest BCUT2D eigenvalue weighted by atomic mass is 10.0. The largest absolute Gasteiger partial charge is 0.322 e. The average Bonchev–Trinajstić information content (AvgIpc) is 2.74. The van der Waals surface area contributed by atoms with E-state index in [-0.39, 0.29) is 5.91 Å². The number of rotatable bonds is 4. The minimum absolute atomic E-state index is 0.143. The predicted octanol–water partition coefficient (Wildman–Crippen LogP) is 6.68. The summed E-state index contributed by atoms with van der Waals surface area (Å²) in [5, 5.41) is 4.58. The van der Waals surface area contributed by atoms with Gasteiger partial charge >= 0.3 is 0 Å². The van der Waals surface area contributed by atoms with Gasteiger partial charge in [0.2, 0.25) is 0 Å². The van der Waals surface area contributed by atoms with E-state index in [4.69, 9.17) is 16.6 Å². The highest BCUT2D eigenvalue weighted by molar-refractivity contribution is 6.30. The van der Waals surface area contributed by atoms with E-state index in [0.29, 0.717) is 10.6 Å². The second-order valence-electron chi connectivity index (χ2n) is 7.04. The summed E-state index contributed by atoms with van der Waals surface area (Å²) in [5.41, 5.74) is 6.06. The number of halogens is 1. The summed E-state index contributed by atoms with van der Waals surface area (Å²) in [5.74, 6) is -0.143. The Labute approximate surface area is 175 Å². The maximum Gasteiger partial charge on any atom is 0.256 e. The Hall–Kier alpha value is -3.17. The third-order valence-corrected chi connectivity index (χ3v) is 5.31. The van der Waals surface area contributed by atoms with Gasteiger partial charge in [0, 0.05) is 21.7 Å². The number of hydrogen-bond acceptors (Lipinski definition) is 2. The number of nitrogens with one attached hydrogen (secondary N) is 1. The zero-order valence-electron chi connectivity index (χ0n) is 16.4. The number of fused-ring (bicyclic) bond motifs is 1. The first-order valence-electron chi connectivity index (χ1n) is 9.62. The Bertz CT molecular complexity index is 1200. The van der Waals surface area contributed by atoms with Gasteiger partial charge in [-0.15, -0.1) is 0 Å². The van der Waals surface area contributed by atoms with E-state index in [2.05, 4.69) is 24.4 Å². The Morgan fingerprint density at radius 2 is 1.76 bits per heavy atom. The van der Waals surface area contributed by atoms with Crippen LogP contribution in [0, 0.1) is 6.92 Å². The molecule has 29 heavy (non-hydrogen) atoms. The van der Waals surface area contributed by atoms with E-state index < -0.39 is 0 Å². The number of carbonyl (C=O) groups excluding carboxylic acids is 1. The third kappa shape index (κ3) is 4.01. The summed E-state index contributed by atoms with van der Waals surface area (Å²) in [4.78, 5) is 18.1. The number of carbonyl (C=O) groups is 1. The highest BCUT2D eigenvalue weighted by Gasteiger charge is 2.15. The van der Waals surface area contributed by atoms with Gasteiger partial charge in [-0.25, -0.2) is 4.98 Å². The molecule has 1 N–H and O–H groups in total. The van der Waals surface area contributed by atoms with Crippen molar-refractivity contribution in [2.75, 3.05) is 5.32 Å². The molecule has 3 nitrogen and oxygen atoms in total. The van der Waals surface area contributed by atoms with Crippen molar-refractivity contribution in [3.63, 3.8) is 0 Å². The van der Waals surface area contributed by atoms with Crippen LogP contribution in [0.3, 0.4) is 0 Å². The second-order valence-corrected chi connectivity index (χ2v) is 7.47. The van der Waals surface area contributed by atoms with Crippen molar-refractivity contribution in [2.24, 2.45) is 0 Å². The van der Waals surface area contributed by atoms with Crippen LogP contribution in [0.2, 0.25) is 5.02 Å². The van der Waals surface area contributed by atoms with Crippen molar-refractivity contribution in [1.82, 2.24) is 4.98 Å². The SMILES string of the molecule is CCc1ccc2nc(-c3ccc(Cl)cc3)cc(C(=O)Nc3ccccc3C)c2c1. The van der Waals surface area contributed by atoms with Crippen LogP contribution >= 0.6 is 11.6 Å². The molecule has 1 heterocycles. The summed E-state index contributed by atoms with van der Waals surface area (Å²) in [7, 11) is 0. The Balaban J connectivity index is 1.86. The van der Waals surface area contributed by atoms with Gasteiger partial charge in [-0.05, 0) is 60.9 Å². The fraction of sp³-hybridized carbons (Fsp3) is 0.120. The standard InChI is InChI=1S/C25H21ClN2O/c1-3-17-8-13-23-20(14-17)21(25(29)28-22-7-5-4-6-16(22)2)15-24(27-23)18-9-11-19(26)12-10-18/h4-15H,3H2,1-2H3,(H,28,29). The molecular formula is C25H21ClN2O. The molecule has 1 amide bonds. The number of amides is 1. The number of pyridine rings is 1. The fourth-order valence-electron chi connectivity index (χ4n) is 3.35. The molecule has 0 atom stereocenters. The highest BCUT2D eigenvalue weighted by atomic mass is 35.5. The number of nitrogens with zero attached hydrogens (tertiary/aromatic N) is 1. The molecule has 0 radical (unpaired) electrons. The molecular weight excluding hydrogens is 380 g/mol. The van der Waals surface area contributed by atoms with Crippen LogP contribution in [-0.4, -0.2) is 10.9 Å². The Morgan fingerprint density at radius 1 is 1.00 bits per heavy atom. The number of para-hydroxylation sites is 1. The quantitative estimate of drug-likeness (QED) is 0.415. The molecule has 0 saturated carbocycles. The molecule has 0 aliphatic rings. The molecule has 3 aromatic carbocycles. The van der Waals surface area contributed by atoms with Crippen molar-refractivity contribution in [3.05, 3.63) is 94.5 Å². The lowest BCUT2D eigenvalue weighted by Crippen LogP contribution is -2.14. The Morgan fingerprint density at radius 3 is 2.48 bits per heavy atom. The molecule has 4 aromatic rings. The monoisotopic (exact) mass is 400 g/mol. The molecule has 4 heteroatoms. The zero-order valence-corrected chi connectivity index (χ0v) is 17.1. The van der Waals surface area contributed by atoms with Crippen LogP contribution in [-0.2, 0) is 6.42 Å². The number of anilines is 1. The van der Waals surface area contributed by atoms with Crippen molar-refractivity contribution < 1.29 is 4.79 Å². The van der Waals surface area contributed by atoms with E-state index >= 15 is 0 Å². The smallest absolute Gasteiger partial charge is 0.256 e. The van der Waals surface area contributed by atoms with Gasteiger partial charge in [-0.1, -0.05) is 54.9 Å². The van der Waals surface area contributed by atoms with Crippen molar-refractivity contribution in [1.29, 1.82) is 0 Å². The van der Waals surface area contributed by atoms with Crippen LogP contribution in [0.4, 0.5) is 5.69 Å². The van der Waals surface area contributed by atoms with Crippen LogP contribution in [0.1, 0.15) is 28.4 Å². The van der Waals surface area contributed by atoms with E-state index in [0.717, 1.165) is 39.8 Å². The summed E-state index contributed by atoms with van der Waals surface area (Å²) in [6, 6.07) is 23.2. The maximum absolute atomic E-state index is 13.3. The van der Waals surface area contributed by atoms with E-state index in [9.17, 15) is 4.79 Å². The van der Waals surface area contributed by atoms with Crippen LogP contribution in [0.25, 0.3) is 22.2 Å². The van der Waals surface area contributed by atoms with E-state index in [1.165, 1.54) is 5.56 Å². The summed E-state index contributed by atoms with van der Waals surface area (Å²) >= 11 is 6.03. The number of aromatic nitrogens is 1. The number of hydrogen-bond donors (Lipinski definition) is 1. The van der Waals surface area contributed by atoms with Crippen molar-refractivity contribution in [3.8, 4) is 11.3 Å². The highest BCUT2D eigenvalue weighted by Crippen LogP contribution is 2.28. The van der Waals surface area contributed by atoms with Crippen LogP contribution < -0.4 is 5.32 Å². The first-order chi connectivity index (χ1) is 14.0. The molecule has 0 aliphatic heterocycles. The third-order valence-electron chi connectivity index (χ3n) is 5.06. The van der Waals surface area contributed by atoms with Crippen molar-refractivity contribution >= 4 is 34.1 Å². The molecule has 0 saturated heterocycles. The minimum Gasteiger partial charge on any atom is -0.322 e. The molecule has 0 bridgehead atoms. The van der Waals surface area contributed by atoms with Gasteiger partial charge in [0.1, 0.15) is 0 Å². The average molecular weight is 401 g/mol. The maximum atomic E-state index is 13.3. The van der Waals surface area contributed by atoms with Gasteiger partial charge in [-0.2, -0.15) is 0 Å². The molecule has 0 spiro atoms. The van der Waals surface area contributed by atoms with Gasteiger partial charge in [0.05, 0.1) is 16.8 Å². The van der Waals surface area contributed by atoms with Gasteiger partial charge < -0.3 is 5.32 Å². The number of aryl methyl sites for hydroxylation is 2. The first kappa shape index (κ1) is 19.2. The minimum atomic E-state index is -0.143. The van der Waals surface area contributed by atoms with Crippen molar-refractivity contribution in [2.45, 2.75) is 20.3 Å². The summed E-state index contributed by atoms with van der Waals surface area (Å²) < 4.78 is 0. The molecule has 0 fully saturated rings. The number of benzene rings is 3. The molecule has 0 unspecified atom stereocenters. The topological polar surface area (TPSA) is 42.0 Å². The van der Waals surface area contributed by atoms with E-state index in [1.807, 2.05) is 67.6 Å². The van der Waals surface area contributed by atoms with E-state index in [1.54, 1.807) is 0 Å². The molecule has 0 aliphatic carbocycles. The van der Waals surface area contributed by atoms with Gasteiger partial charge in [-0.3, -0.25) is 4.79 Å². The molecule has 144 valence electrons. The first-order valence-corrected chi connectivity index (χ1v) is 9.99. The zero-order chi connectivity index (χ0) is 20.4. The Kier molecular flexibility index (Phi) is 5.32. The van der Waals surface area contributed by atoms with Gasteiger partial charge in [0.25, 0.3) is 5.91 Å². The van der Waals surface area contributed by atoms with Crippen LogP contribution in [0.5, 0.6) is 0 Å². The molecule has 4 rings (SSSR count). The summed E-state index contributed by atoms with van der Waals surface area (Å²) in [6.45, 7) is 4.08. The van der Waals surface area contributed by atoms with Gasteiger partial charge in [0.15, 0.2) is 0 Å². The lowest BCUT2D eigenvalue weighted by molar-refractivity contribution is 0.102. The fourth-order valence-corrected chi connectivity index (χ4v) is 3.48. The lowest BCUT2D eigenvalue weighted by Gasteiger charge is -2.13. The summed E-state index contributed by atoms with van der Waals surface area (Å²) in [6.07, 6.45) is 0.897.